The van der Waals surface area contributed by atoms with E-state index in [4.69, 9.17) is 11.5 Å². The Morgan fingerprint density at radius 3 is 2.42 bits per heavy atom. The zero-order chi connectivity index (χ0) is 8.77. The molecular formula is C10H12O2. The summed E-state index contributed by atoms with van der Waals surface area (Å²) in [6.45, 7) is 0. The summed E-state index contributed by atoms with van der Waals surface area (Å²) in [6, 6.07) is 0. The normalized spacial score (nSPS) is 44.2. The first-order valence-corrected chi connectivity index (χ1v) is 4.34. The van der Waals surface area contributed by atoms with Crippen LogP contribution in [0.4, 0.5) is 0 Å². The number of hydrogen-bond acceptors (Lipinski definition) is 1. The van der Waals surface area contributed by atoms with Crippen molar-refractivity contribution in [3.8, 4) is 12.3 Å². The van der Waals surface area contributed by atoms with Crippen LogP contribution in [0.25, 0.3) is 0 Å². The number of carbonyl (C=O) groups is 1. The monoisotopic (exact) mass is 164 g/mol. The molecule has 0 aromatic carbocycles. The maximum atomic E-state index is 10.5. The SMILES string of the molecule is C#CC1CC2(C1)CC(C(=O)O)C2. The van der Waals surface area contributed by atoms with E-state index in [1.165, 1.54) is 0 Å². The van der Waals surface area contributed by atoms with E-state index in [2.05, 4.69) is 5.92 Å². The lowest BCUT2D eigenvalue weighted by Gasteiger charge is -2.55. The van der Waals surface area contributed by atoms with Gasteiger partial charge >= 0.3 is 5.97 Å². The van der Waals surface area contributed by atoms with Crippen molar-refractivity contribution < 1.29 is 9.90 Å². The minimum atomic E-state index is -0.634. The van der Waals surface area contributed by atoms with Gasteiger partial charge in [-0.3, -0.25) is 4.79 Å². The molecule has 0 aliphatic heterocycles. The first-order chi connectivity index (χ1) is 5.65. The second-order valence-corrected chi connectivity index (χ2v) is 4.22. The average Bonchev–Trinajstić information content (AvgIpc) is 1.81. The number of aliphatic carboxylic acids is 1. The van der Waals surface area contributed by atoms with Gasteiger partial charge in [0.2, 0.25) is 0 Å². The van der Waals surface area contributed by atoms with Crippen molar-refractivity contribution in [2.24, 2.45) is 17.3 Å². The van der Waals surface area contributed by atoms with Gasteiger partial charge in [0.1, 0.15) is 0 Å². The Morgan fingerprint density at radius 2 is 2.00 bits per heavy atom. The molecule has 2 heteroatoms. The highest BCUT2D eigenvalue weighted by Gasteiger charge is 2.54. The molecule has 2 nitrogen and oxygen atoms in total. The summed E-state index contributed by atoms with van der Waals surface area (Å²) in [4.78, 5) is 10.5. The number of hydrogen-bond donors (Lipinski definition) is 1. The highest BCUT2D eigenvalue weighted by Crippen LogP contribution is 2.60. The maximum absolute atomic E-state index is 10.5. The molecule has 0 aromatic rings. The molecule has 0 atom stereocenters. The lowest BCUT2D eigenvalue weighted by atomic mass is 9.48. The third-order valence-corrected chi connectivity index (χ3v) is 3.30. The molecular weight excluding hydrogens is 152 g/mol. The fourth-order valence-electron chi connectivity index (χ4n) is 2.60. The molecule has 12 heavy (non-hydrogen) atoms. The van der Waals surface area contributed by atoms with Crippen molar-refractivity contribution in [2.45, 2.75) is 25.7 Å². The lowest BCUT2D eigenvalue weighted by molar-refractivity contribution is -0.156. The van der Waals surface area contributed by atoms with E-state index in [0.717, 1.165) is 25.7 Å². The Balaban J connectivity index is 1.84. The van der Waals surface area contributed by atoms with Crippen molar-refractivity contribution in [1.29, 1.82) is 0 Å². The molecule has 0 heterocycles. The van der Waals surface area contributed by atoms with E-state index in [9.17, 15) is 4.79 Å². The summed E-state index contributed by atoms with van der Waals surface area (Å²) in [7, 11) is 0. The van der Waals surface area contributed by atoms with Crippen molar-refractivity contribution in [2.75, 3.05) is 0 Å². The van der Waals surface area contributed by atoms with Crippen LogP contribution >= 0.6 is 0 Å². The molecule has 0 radical (unpaired) electrons. The van der Waals surface area contributed by atoms with Crippen LogP contribution in [0, 0.1) is 29.6 Å². The molecule has 64 valence electrons. The van der Waals surface area contributed by atoms with Gasteiger partial charge in [0.25, 0.3) is 0 Å². The molecule has 1 spiro atoms. The number of carboxylic acid groups (broad SMARTS) is 1. The summed E-state index contributed by atoms with van der Waals surface area (Å²) in [6.07, 6.45) is 9.11. The van der Waals surface area contributed by atoms with Gasteiger partial charge in [0.05, 0.1) is 5.92 Å². The van der Waals surface area contributed by atoms with Crippen LogP contribution in [0.5, 0.6) is 0 Å². The Morgan fingerprint density at radius 1 is 1.42 bits per heavy atom. The van der Waals surface area contributed by atoms with Gasteiger partial charge < -0.3 is 5.11 Å². The third-order valence-electron chi connectivity index (χ3n) is 3.30. The molecule has 2 rings (SSSR count). The topological polar surface area (TPSA) is 37.3 Å². The van der Waals surface area contributed by atoms with Crippen LogP contribution in [0.2, 0.25) is 0 Å². The Labute approximate surface area is 72.0 Å². The Kier molecular flexibility index (Phi) is 1.44. The fraction of sp³-hybridized carbons (Fsp3) is 0.700. The second kappa shape index (κ2) is 2.26. The molecule has 2 saturated carbocycles. The molecule has 0 aromatic heterocycles. The number of carboxylic acids is 1. The van der Waals surface area contributed by atoms with Crippen molar-refractivity contribution in [1.82, 2.24) is 0 Å². The molecule has 0 bridgehead atoms. The quantitative estimate of drug-likeness (QED) is 0.596. The van der Waals surface area contributed by atoms with E-state index in [0.29, 0.717) is 11.3 Å². The van der Waals surface area contributed by atoms with Gasteiger partial charge in [-0.1, -0.05) is 0 Å². The molecule has 0 saturated heterocycles. The van der Waals surface area contributed by atoms with Crippen molar-refractivity contribution in [3.63, 3.8) is 0 Å². The summed E-state index contributed by atoms with van der Waals surface area (Å²) in [5.41, 5.74) is 0.347. The van der Waals surface area contributed by atoms with Crippen LogP contribution in [-0.2, 0) is 4.79 Å². The molecule has 2 fully saturated rings. The highest BCUT2D eigenvalue weighted by atomic mass is 16.4. The average molecular weight is 164 g/mol. The smallest absolute Gasteiger partial charge is 0.306 e. The van der Waals surface area contributed by atoms with Crippen molar-refractivity contribution in [3.05, 3.63) is 0 Å². The predicted molar refractivity (Wildman–Crippen MR) is 44.3 cm³/mol. The van der Waals surface area contributed by atoms with Gasteiger partial charge in [-0.25, -0.2) is 0 Å². The highest BCUT2D eigenvalue weighted by molar-refractivity contribution is 5.71. The van der Waals surface area contributed by atoms with Crippen LogP contribution in [0.1, 0.15) is 25.7 Å². The molecule has 2 aliphatic carbocycles. The molecule has 0 unspecified atom stereocenters. The molecule has 2 aliphatic rings. The molecule has 0 amide bonds. The lowest BCUT2D eigenvalue weighted by Crippen LogP contribution is -2.49. The van der Waals surface area contributed by atoms with Crippen LogP contribution in [0.15, 0.2) is 0 Å². The largest absolute Gasteiger partial charge is 0.481 e. The Bertz CT molecular complexity index is 248. The van der Waals surface area contributed by atoms with Gasteiger partial charge in [-0.05, 0) is 31.1 Å². The summed E-state index contributed by atoms with van der Waals surface area (Å²) in [5.74, 6) is 2.44. The van der Waals surface area contributed by atoms with Gasteiger partial charge in [-0.15, -0.1) is 12.3 Å². The van der Waals surface area contributed by atoms with Crippen LogP contribution in [-0.4, -0.2) is 11.1 Å². The standard InChI is InChI=1S/C10H12O2/c1-2-7-3-10(4-7)5-8(6-10)9(11)12/h1,7-8H,3-6H2,(H,11,12). The van der Waals surface area contributed by atoms with E-state index < -0.39 is 5.97 Å². The summed E-state index contributed by atoms with van der Waals surface area (Å²) < 4.78 is 0. The fourth-order valence-corrected chi connectivity index (χ4v) is 2.60. The zero-order valence-electron chi connectivity index (χ0n) is 6.92. The van der Waals surface area contributed by atoms with Gasteiger partial charge in [0.15, 0.2) is 0 Å². The van der Waals surface area contributed by atoms with E-state index >= 15 is 0 Å². The molecule has 1 N–H and O–H groups in total. The summed E-state index contributed by atoms with van der Waals surface area (Å²) in [5, 5.41) is 8.67. The minimum absolute atomic E-state index is 0.0799. The number of terminal acetylenes is 1. The number of rotatable bonds is 1. The minimum Gasteiger partial charge on any atom is -0.481 e. The van der Waals surface area contributed by atoms with Crippen molar-refractivity contribution >= 4 is 5.97 Å². The maximum Gasteiger partial charge on any atom is 0.306 e. The van der Waals surface area contributed by atoms with Crippen LogP contribution < -0.4 is 0 Å². The van der Waals surface area contributed by atoms with E-state index in [1.807, 2.05) is 0 Å². The first-order valence-electron chi connectivity index (χ1n) is 4.34. The predicted octanol–water partition coefficient (Wildman–Crippen LogP) is 1.51. The van der Waals surface area contributed by atoms with Crippen LogP contribution in [0.3, 0.4) is 0 Å². The van der Waals surface area contributed by atoms with E-state index in [-0.39, 0.29) is 5.92 Å². The first kappa shape index (κ1) is 7.67. The zero-order valence-corrected chi connectivity index (χ0v) is 6.92. The second-order valence-electron chi connectivity index (χ2n) is 4.22. The van der Waals surface area contributed by atoms with E-state index in [1.54, 1.807) is 0 Å². The third kappa shape index (κ3) is 0.929. The van der Waals surface area contributed by atoms with Gasteiger partial charge in [-0.2, -0.15) is 0 Å². The summed E-state index contributed by atoms with van der Waals surface area (Å²) >= 11 is 0. The Hall–Kier alpha value is -0.970. The van der Waals surface area contributed by atoms with Gasteiger partial charge in [0, 0.05) is 5.92 Å².